The number of rotatable bonds is 4. The van der Waals surface area contributed by atoms with Crippen molar-refractivity contribution in [1.82, 2.24) is 4.98 Å². The number of nitrogens with one attached hydrogen (secondary N) is 1. The van der Waals surface area contributed by atoms with Gasteiger partial charge in [0.05, 0.1) is 17.7 Å². The Balaban J connectivity index is 1.98. The van der Waals surface area contributed by atoms with E-state index in [9.17, 15) is 4.79 Å². The third-order valence-corrected chi connectivity index (χ3v) is 3.94. The Morgan fingerprint density at radius 1 is 1.78 bits per heavy atom. The van der Waals surface area contributed by atoms with Crippen LogP contribution in [0, 0.1) is 5.92 Å². The second-order valence-corrected chi connectivity index (χ2v) is 5.43. The maximum absolute atomic E-state index is 12.1. The molecule has 3 unspecified atom stereocenters. The molecular formula is C12H19N3O2S. The summed E-state index contributed by atoms with van der Waals surface area (Å²) < 4.78 is 5.52. The zero-order valence-electron chi connectivity index (χ0n) is 10.7. The van der Waals surface area contributed by atoms with Crippen molar-refractivity contribution in [3.8, 4) is 0 Å². The second kappa shape index (κ2) is 5.77. The molecule has 1 amide bonds. The van der Waals surface area contributed by atoms with Gasteiger partial charge in [0.25, 0.3) is 0 Å². The van der Waals surface area contributed by atoms with Crippen molar-refractivity contribution in [2.75, 3.05) is 11.9 Å². The number of carbonyl (C=O) groups excluding carboxylic acids is 1. The zero-order chi connectivity index (χ0) is 13.1. The first-order valence-corrected chi connectivity index (χ1v) is 7.13. The molecule has 0 bridgehead atoms. The molecule has 1 aromatic rings. The van der Waals surface area contributed by atoms with Crippen LogP contribution in [0.2, 0.25) is 0 Å². The lowest BCUT2D eigenvalue weighted by atomic mass is 9.99. The van der Waals surface area contributed by atoms with E-state index in [0.29, 0.717) is 11.7 Å². The molecule has 3 atom stereocenters. The van der Waals surface area contributed by atoms with E-state index >= 15 is 0 Å². The average Bonchev–Trinajstić information content (AvgIpc) is 2.96. The van der Waals surface area contributed by atoms with Crippen molar-refractivity contribution in [2.45, 2.75) is 38.8 Å². The third kappa shape index (κ3) is 2.88. The van der Waals surface area contributed by atoms with Gasteiger partial charge in [0, 0.05) is 18.0 Å². The highest BCUT2D eigenvalue weighted by Crippen LogP contribution is 2.26. The molecule has 5 nitrogen and oxygen atoms in total. The summed E-state index contributed by atoms with van der Waals surface area (Å²) in [6, 6.07) is -0.106. The van der Waals surface area contributed by atoms with E-state index in [1.807, 2.05) is 19.2 Å². The van der Waals surface area contributed by atoms with Gasteiger partial charge < -0.3 is 15.8 Å². The van der Waals surface area contributed by atoms with Gasteiger partial charge in [0.2, 0.25) is 5.91 Å². The quantitative estimate of drug-likeness (QED) is 0.875. The molecule has 0 saturated carbocycles. The molecule has 1 fully saturated rings. The van der Waals surface area contributed by atoms with E-state index in [1.54, 1.807) is 0 Å². The Bertz CT molecular complexity index is 419. The first-order chi connectivity index (χ1) is 8.61. The van der Waals surface area contributed by atoms with Crippen molar-refractivity contribution in [2.24, 2.45) is 11.7 Å². The van der Waals surface area contributed by atoms with Crippen LogP contribution in [0.15, 0.2) is 5.38 Å². The van der Waals surface area contributed by atoms with Gasteiger partial charge in [-0.05, 0) is 19.8 Å². The van der Waals surface area contributed by atoms with Crippen LogP contribution >= 0.6 is 11.3 Å². The van der Waals surface area contributed by atoms with Crippen LogP contribution in [0.1, 0.15) is 38.4 Å². The summed E-state index contributed by atoms with van der Waals surface area (Å²) in [5.41, 5.74) is 6.55. The summed E-state index contributed by atoms with van der Waals surface area (Å²) in [6.45, 7) is 4.58. The highest BCUT2D eigenvalue weighted by molar-refractivity contribution is 7.13. The number of nitrogens with zero attached hydrogens (tertiary/aromatic N) is 1. The van der Waals surface area contributed by atoms with Crippen LogP contribution in [-0.4, -0.2) is 23.6 Å². The number of anilines is 1. The molecule has 0 aliphatic carbocycles. The van der Waals surface area contributed by atoms with Gasteiger partial charge in [-0.3, -0.25) is 4.79 Å². The fraction of sp³-hybridized carbons (Fsp3) is 0.667. The van der Waals surface area contributed by atoms with Gasteiger partial charge in [-0.2, -0.15) is 0 Å². The number of nitrogens with two attached hydrogens (primary N) is 1. The predicted octanol–water partition coefficient (Wildman–Crippen LogP) is 1.92. The average molecular weight is 269 g/mol. The highest BCUT2D eigenvalue weighted by atomic mass is 32.1. The van der Waals surface area contributed by atoms with Gasteiger partial charge >= 0.3 is 0 Å². The van der Waals surface area contributed by atoms with E-state index < -0.39 is 0 Å². The fourth-order valence-electron chi connectivity index (χ4n) is 2.10. The van der Waals surface area contributed by atoms with Gasteiger partial charge in [-0.1, -0.05) is 6.92 Å². The standard InChI is InChI=1S/C12H19N3O2S/c1-3-10-8(4-5-17-10)11(16)15-12-14-9(6-18-12)7(2)13/h6-8,10H,3-5,13H2,1-2H3,(H,14,15,16). The summed E-state index contributed by atoms with van der Waals surface area (Å²) in [5, 5.41) is 5.35. The van der Waals surface area contributed by atoms with Gasteiger partial charge in [-0.15, -0.1) is 11.3 Å². The van der Waals surface area contributed by atoms with E-state index in [1.165, 1.54) is 11.3 Å². The first kappa shape index (κ1) is 13.5. The number of hydrogen-bond donors (Lipinski definition) is 2. The molecule has 1 aromatic heterocycles. The lowest BCUT2D eigenvalue weighted by molar-refractivity contribution is -0.121. The molecule has 6 heteroatoms. The summed E-state index contributed by atoms with van der Waals surface area (Å²) in [6.07, 6.45) is 1.69. The monoisotopic (exact) mass is 269 g/mol. The van der Waals surface area contributed by atoms with Crippen LogP contribution in [0.25, 0.3) is 0 Å². The molecule has 100 valence electrons. The molecule has 2 rings (SSSR count). The van der Waals surface area contributed by atoms with Crippen molar-refractivity contribution in [3.05, 3.63) is 11.1 Å². The maximum Gasteiger partial charge on any atom is 0.231 e. The Morgan fingerprint density at radius 3 is 3.17 bits per heavy atom. The number of hydrogen-bond acceptors (Lipinski definition) is 5. The Morgan fingerprint density at radius 2 is 2.56 bits per heavy atom. The number of amides is 1. The van der Waals surface area contributed by atoms with E-state index in [4.69, 9.17) is 10.5 Å². The summed E-state index contributed by atoms with van der Waals surface area (Å²) in [7, 11) is 0. The van der Waals surface area contributed by atoms with E-state index in [-0.39, 0.29) is 24.0 Å². The lowest BCUT2D eigenvalue weighted by Gasteiger charge is -2.15. The van der Waals surface area contributed by atoms with Crippen LogP contribution in [0.3, 0.4) is 0 Å². The minimum atomic E-state index is -0.106. The predicted molar refractivity (Wildman–Crippen MR) is 71.5 cm³/mol. The zero-order valence-corrected chi connectivity index (χ0v) is 11.5. The van der Waals surface area contributed by atoms with E-state index in [2.05, 4.69) is 10.3 Å². The Labute approximate surface area is 111 Å². The smallest absolute Gasteiger partial charge is 0.231 e. The Kier molecular flexibility index (Phi) is 4.31. The molecule has 1 aliphatic heterocycles. The number of ether oxygens (including phenoxy) is 1. The molecule has 3 N–H and O–H groups in total. The molecular weight excluding hydrogens is 250 g/mol. The van der Waals surface area contributed by atoms with Crippen molar-refractivity contribution >= 4 is 22.4 Å². The molecule has 1 saturated heterocycles. The van der Waals surface area contributed by atoms with E-state index in [0.717, 1.165) is 18.5 Å². The number of thiazole rings is 1. The fourth-order valence-corrected chi connectivity index (χ4v) is 2.92. The summed E-state index contributed by atoms with van der Waals surface area (Å²) in [4.78, 5) is 16.4. The maximum atomic E-state index is 12.1. The summed E-state index contributed by atoms with van der Waals surface area (Å²) >= 11 is 1.41. The van der Waals surface area contributed by atoms with Gasteiger partial charge in [-0.25, -0.2) is 4.98 Å². The topological polar surface area (TPSA) is 77.2 Å². The SMILES string of the molecule is CCC1OCCC1C(=O)Nc1nc(C(C)N)cs1. The van der Waals surface area contributed by atoms with Crippen molar-refractivity contribution in [3.63, 3.8) is 0 Å². The third-order valence-electron chi connectivity index (χ3n) is 3.17. The van der Waals surface area contributed by atoms with Crippen molar-refractivity contribution in [1.29, 1.82) is 0 Å². The van der Waals surface area contributed by atoms with Crippen LogP contribution in [0.4, 0.5) is 5.13 Å². The Hall–Kier alpha value is -0.980. The molecule has 0 radical (unpaired) electrons. The van der Waals surface area contributed by atoms with Crippen LogP contribution in [0.5, 0.6) is 0 Å². The first-order valence-electron chi connectivity index (χ1n) is 6.25. The molecule has 0 spiro atoms. The van der Waals surface area contributed by atoms with Crippen LogP contribution in [-0.2, 0) is 9.53 Å². The summed E-state index contributed by atoms with van der Waals surface area (Å²) in [5.74, 6) is -0.0532. The largest absolute Gasteiger partial charge is 0.377 e. The number of carbonyl (C=O) groups is 1. The normalized spacial score (nSPS) is 25.1. The van der Waals surface area contributed by atoms with Crippen molar-refractivity contribution < 1.29 is 9.53 Å². The molecule has 0 aromatic carbocycles. The number of aromatic nitrogens is 1. The van der Waals surface area contributed by atoms with Gasteiger partial charge in [0.15, 0.2) is 5.13 Å². The molecule has 18 heavy (non-hydrogen) atoms. The van der Waals surface area contributed by atoms with Gasteiger partial charge in [0.1, 0.15) is 0 Å². The molecule has 1 aliphatic rings. The molecule has 2 heterocycles. The van der Waals surface area contributed by atoms with Crippen LogP contribution < -0.4 is 11.1 Å². The minimum Gasteiger partial charge on any atom is -0.377 e. The lowest BCUT2D eigenvalue weighted by Crippen LogP contribution is -2.29. The second-order valence-electron chi connectivity index (χ2n) is 4.57. The minimum absolute atomic E-state index is 0.00456. The highest BCUT2D eigenvalue weighted by Gasteiger charge is 2.33.